The number of hydrogen-bond donors (Lipinski definition) is 0. The van der Waals surface area contributed by atoms with Gasteiger partial charge in [0.15, 0.2) is 11.5 Å². The standard InChI is InChI=1S/C23H20ClF6N5OS/c1-33(18-5-3-2-4-17(18)24)21(36)19-20(34-6-8-37-9-7-34)35(32-31-19)13-14-10-15(22(25,26)27)12-16(11-14)23(28,29)30/h2-5,10-12H,6-9,13H2,1H3. The Morgan fingerprint density at radius 1 is 1.03 bits per heavy atom. The van der Waals surface area contributed by atoms with Gasteiger partial charge in [0.05, 0.1) is 28.4 Å². The van der Waals surface area contributed by atoms with E-state index in [1.54, 1.807) is 36.0 Å². The van der Waals surface area contributed by atoms with Crippen LogP contribution < -0.4 is 9.80 Å². The van der Waals surface area contributed by atoms with Crippen LogP contribution in [0.15, 0.2) is 42.5 Å². The number of amides is 1. The van der Waals surface area contributed by atoms with Gasteiger partial charge in [0.1, 0.15) is 0 Å². The fourth-order valence-electron chi connectivity index (χ4n) is 3.92. The van der Waals surface area contributed by atoms with Gasteiger partial charge in [-0.2, -0.15) is 38.1 Å². The van der Waals surface area contributed by atoms with Gasteiger partial charge in [0, 0.05) is 31.6 Å². The molecule has 0 spiro atoms. The summed E-state index contributed by atoms with van der Waals surface area (Å²) in [7, 11) is 1.49. The summed E-state index contributed by atoms with van der Waals surface area (Å²) < 4.78 is 81.3. The number of rotatable bonds is 5. The quantitative estimate of drug-likeness (QED) is 0.365. The molecule has 1 fully saturated rings. The molecular formula is C23H20ClF6N5OS. The maximum atomic E-state index is 13.4. The molecule has 1 saturated heterocycles. The van der Waals surface area contributed by atoms with Crippen LogP contribution in [-0.4, -0.2) is 52.5 Å². The maximum Gasteiger partial charge on any atom is 0.416 e. The van der Waals surface area contributed by atoms with Gasteiger partial charge in [0.2, 0.25) is 0 Å². The second-order valence-corrected chi connectivity index (χ2v) is 9.88. The highest BCUT2D eigenvalue weighted by Crippen LogP contribution is 2.37. The van der Waals surface area contributed by atoms with Gasteiger partial charge in [0.25, 0.3) is 5.91 Å². The number of carbonyl (C=O) groups is 1. The Kier molecular flexibility index (Phi) is 7.65. The molecule has 37 heavy (non-hydrogen) atoms. The molecule has 1 aromatic heterocycles. The number of anilines is 2. The molecule has 14 heteroatoms. The van der Waals surface area contributed by atoms with Crippen molar-refractivity contribution in [3.8, 4) is 0 Å². The van der Waals surface area contributed by atoms with Crippen LogP contribution in [0.25, 0.3) is 0 Å². The van der Waals surface area contributed by atoms with Crippen LogP contribution in [0.2, 0.25) is 5.02 Å². The van der Waals surface area contributed by atoms with E-state index in [1.807, 2.05) is 4.90 Å². The van der Waals surface area contributed by atoms with Crippen molar-refractivity contribution < 1.29 is 31.1 Å². The Morgan fingerprint density at radius 2 is 1.62 bits per heavy atom. The number of alkyl halides is 6. The topological polar surface area (TPSA) is 54.3 Å². The summed E-state index contributed by atoms with van der Waals surface area (Å²) in [6.07, 6.45) is -9.96. The van der Waals surface area contributed by atoms with E-state index in [1.165, 1.54) is 16.6 Å². The fraction of sp³-hybridized carbons (Fsp3) is 0.348. The summed E-state index contributed by atoms with van der Waals surface area (Å²) >= 11 is 7.90. The van der Waals surface area contributed by atoms with Crippen LogP contribution in [0.1, 0.15) is 27.2 Å². The fourth-order valence-corrected chi connectivity index (χ4v) is 5.08. The molecular weight excluding hydrogens is 544 g/mol. The molecule has 0 unspecified atom stereocenters. The zero-order chi connectivity index (χ0) is 27.0. The van der Waals surface area contributed by atoms with E-state index < -0.39 is 35.9 Å². The van der Waals surface area contributed by atoms with Crippen molar-refractivity contribution in [2.75, 3.05) is 41.4 Å². The lowest BCUT2D eigenvalue weighted by molar-refractivity contribution is -0.143. The van der Waals surface area contributed by atoms with Gasteiger partial charge in [-0.1, -0.05) is 28.9 Å². The Balaban J connectivity index is 1.77. The molecule has 198 valence electrons. The van der Waals surface area contributed by atoms with Crippen molar-refractivity contribution in [3.63, 3.8) is 0 Å². The average molecular weight is 564 g/mol. The van der Waals surface area contributed by atoms with Crippen LogP contribution in [-0.2, 0) is 18.9 Å². The molecule has 0 N–H and O–H groups in total. The molecule has 6 nitrogen and oxygen atoms in total. The van der Waals surface area contributed by atoms with Crippen LogP contribution in [0, 0.1) is 0 Å². The molecule has 1 amide bonds. The Labute approximate surface area is 217 Å². The first-order chi connectivity index (χ1) is 17.4. The van der Waals surface area contributed by atoms with E-state index in [4.69, 9.17) is 11.6 Å². The first kappa shape index (κ1) is 27.1. The second kappa shape index (κ2) is 10.4. The minimum absolute atomic E-state index is 0.0706. The van der Waals surface area contributed by atoms with E-state index in [9.17, 15) is 31.1 Å². The lowest BCUT2D eigenvalue weighted by Crippen LogP contribution is -2.37. The predicted octanol–water partition coefficient (Wildman–Crippen LogP) is 5.85. The highest BCUT2D eigenvalue weighted by molar-refractivity contribution is 7.99. The number of nitrogens with zero attached hydrogens (tertiary/aromatic N) is 5. The van der Waals surface area contributed by atoms with Gasteiger partial charge >= 0.3 is 12.4 Å². The summed E-state index contributed by atoms with van der Waals surface area (Å²) in [5.74, 6) is 1.06. The summed E-state index contributed by atoms with van der Waals surface area (Å²) in [6.45, 7) is 0.525. The third-order valence-electron chi connectivity index (χ3n) is 5.72. The lowest BCUT2D eigenvalue weighted by Gasteiger charge is -2.29. The molecule has 0 bridgehead atoms. The SMILES string of the molecule is CN(C(=O)c1nnn(Cc2cc(C(F)(F)F)cc(C(F)(F)F)c2)c1N1CCSCC1)c1ccccc1Cl. The van der Waals surface area contributed by atoms with Crippen LogP contribution in [0.4, 0.5) is 37.8 Å². The van der Waals surface area contributed by atoms with Gasteiger partial charge in [-0.25, -0.2) is 4.68 Å². The van der Waals surface area contributed by atoms with Crippen molar-refractivity contribution in [3.05, 3.63) is 69.9 Å². The van der Waals surface area contributed by atoms with Crippen molar-refractivity contribution in [1.82, 2.24) is 15.0 Å². The minimum atomic E-state index is -4.98. The predicted molar refractivity (Wildman–Crippen MR) is 129 cm³/mol. The largest absolute Gasteiger partial charge is 0.416 e. The molecule has 1 aliphatic rings. The molecule has 4 rings (SSSR count). The molecule has 2 heterocycles. The second-order valence-electron chi connectivity index (χ2n) is 8.25. The van der Waals surface area contributed by atoms with Crippen molar-refractivity contribution in [2.24, 2.45) is 0 Å². The summed E-state index contributed by atoms with van der Waals surface area (Å²) in [6, 6.07) is 7.97. The first-order valence-corrected chi connectivity index (χ1v) is 12.5. The monoisotopic (exact) mass is 563 g/mol. The highest BCUT2D eigenvalue weighted by Gasteiger charge is 2.37. The van der Waals surface area contributed by atoms with Gasteiger partial charge in [-0.15, -0.1) is 5.10 Å². The van der Waals surface area contributed by atoms with E-state index in [-0.39, 0.29) is 23.1 Å². The first-order valence-electron chi connectivity index (χ1n) is 10.9. The Hall–Kier alpha value is -2.93. The third kappa shape index (κ3) is 5.98. The number of benzene rings is 2. The number of hydrogen-bond acceptors (Lipinski definition) is 5. The zero-order valence-corrected chi connectivity index (χ0v) is 20.8. The van der Waals surface area contributed by atoms with E-state index in [2.05, 4.69) is 10.3 Å². The number of halogens is 7. The average Bonchev–Trinajstić information content (AvgIpc) is 3.26. The number of thioether (sulfide) groups is 1. The molecule has 1 aliphatic heterocycles. The highest BCUT2D eigenvalue weighted by atomic mass is 35.5. The normalized spacial score (nSPS) is 14.6. The molecule has 3 aromatic rings. The number of carbonyl (C=O) groups excluding carboxylic acids is 1. The summed E-state index contributed by atoms with van der Waals surface area (Å²) in [5.41, 5.74) is -2.82. The van der Waals surface area contributed by atoms with E-state index >= 15 is 0 Å². The van der Waals surface area contributed by atoms with E-state index in [0.717, 1.165) is 0 Å². The molecule has 0 atom stereocenters. The summed E-state index contributed by atoms with van der Waals surface area (Å²) in [4.78, 5) is 16.5. The van der Waals surface area contributed by atoms with Crippen molar-refractivity contribution in [1.29, 1.82) is 0 Å². The van der Waals surface area contributed by atoms with Gasteiger partial charge < -0.3 is 9.80 Å². The molecule has 2 aromatic carbocycles. The maximum absolute atomic E-state index is 13.4. The Bertz CT molecular complexity index is 1260. The molecule has 0 aliphatic carbocycles. The number of aromatic nitrogens is 3. The Morgan fingerprint density at radius 3 is 2.19 bits per heavy atom. The molecule has 0 radical (unpaired) electrons. The van der Waals surface area contributed by atoms with Crippen molar-refractivity contribution in [2.45, 2.75) is 18.9 Å². The number of para-hydroxylation sites is 1. The summed E-state index contributed by atoms with van der Waals surface area (Å²) in [5, 5.41) is 8.27. The lowest BCUT2D eigenvalue weighted by atomic mass is 10.0. The van der Waals surface area contributed by atoms with E-state index in [0.29, 0.717) is 47.4 Å². The third-order valence-corrected chi connectivity index (χ3v) is 6.98. The van der Waals surface area contributed by atoms with Gasteiger partial charge in [-0.05, 0) is 35.9 Å². The van der Waals surface area contributed by atoms with Crippen LogP contribution in [0.5, 0.6) is 0 Å². The minimum Gasteiger partial charge on any atom is -0.353 e. The van der Waals surface area contributed by atoms with Crippen LogP contribution >= 0.6 is 23.4 Å². The smallest absolute Gasteiger partial charge is 0.353 e. The van der Waals surface area contributed by atoms with Gasteiger partial charge in [-0.3, -0.25) is 4.79 Å². The van der Waals surface area contributed by atoms with Crippen molar-refractivity contribution >= 4 is 40.8 Å². The zero-order valence-electron chi connectivity index (χ0n) is 19.3. The van der Waals surface area contributed by atoms with Crippen LogP contribution in [0.3, 0.4) is 0 Å². The molecule has 0 saturated carbocycles.